The van der Waals surface area contributed by atoms with E-state index in [4.69, 9.17) is 4.99 Å². The van der Waals surface area contributed by atoms with E-state index in [1.807, 2.05) is 23.4 Å². The summed E-state index contributed by atoms with van der Waals surface area (Å²) in [5.41, 5.74) is 0.325. The van der Waals surface area contributed by atoms with Crippen molar-refractivity contribution in [3.63, 3.8) is 0 Å². The molecule has 2 heterocycles. The average molecular weight is 418 g/mol. The molecule has 0 unspecified atom stereocenters. The number of aromatic nitrogens is 3. The Morgan fingerprint density at radius 1 is 1.13 bits per heavy atom. The molecule has 2 fully saturated rings. The molecule has 2 aliphatic rings. The minimum atomic E-state index is -0.419. The normalized spacial score (nSPS) is 18.3. The topological polar surface area (TPSA) is 61.6 Å². The van der Waals surface area contributed by atoms with E-state index in [1.54, 1.807) is 0 Å². The fraction of sp³-hybridized carbons (Fsp3) is 0.571. The Morgan fingerprint density at radius 3 is 2.53 bits per heavy atom. The van der Waals surface area contributed by atoms with Crippen molar-refractivity contribution in [2.45, 2.75) is 45.2 Å². The third kappa shape index (κ3) is 4.55. The number of nitrogens with one attached hydrogen (secondary N) is 1. The first-order chi connectivity index (χ1) is 14.5. The van der Waals surface area contributed by atoms with Gasteiger partial charge in [0.25, 0.3) is 0 Å². The van der Waals surface area contributed by atoms with Gasteiger partial charge in [-0.1, -0.05) is 12.8 Å². The smallest absolute Gasteiger partial charge is 0.194 e. The van der Waals surface area contributed by atoms with E-state index >= 15 is 0 Å². The van der Waals surface area contributed by atoms with Crippen molar-refractivity contribution in [3.05, 3.63) is 41.5 Å². The zero-order valence-corrected chi connectivity index (χ0v) is 17.6. The van der Waals surface area contributed by atoms with Crippen LogP contribution in [-0.4, -0.2) is 57.8 Å². The van der Waals surface area contributed by atoms with Gasteiger partial charge in [-0.3, -0.25) is 0 Å². The van der Waals surface area contributed by atoms with Crippen molar-refractivity contribution in [3.8, 4) is 0 Å². The summed E-state index contributed by atoms with van der Waals surface area (Å²) in [5, 5.41) is 11.9. The van der Waals surface area contributed by atoms with E-state index in [2.05, 4.69) is 20.4 Å². The summed E-state index contributed by atoms with van der Waals surface area (Å²) in [4.78, 5) is 8.94. The summed E-state index contributed by atoms with van der Waals surface area (Å²) in [7, 11) is 1.94. The summed E-state index contributed by atoms with van der Waals surface area (Å²) >= 11 is 0. The average Bonchev–Trinajstić information content (AvgIpc) is 3.38. The largest absolute Gasteiger partial charge is 0.366 e. The number of anilines is 1. The zero-order valence-electron chi connectivity index (χ0n) is 17.6. The first kappa shape index (κ1) is 20.6. The van der Waals surface area contributed by atoms with Gasteiger partial charge in [0.15, 0.2) is 11.8 Å². The van der Waals surface area contributed by atoms with Crippen molar-refractivity contribution in [1.29, 1.82) is 0 Å². The van der Waals surface area contributed by atoms with Gasteiger partial charge in [0.05, 0.1) is 5.69 Å². The lowest BCUT2D eigenvalue weighted by Crippen LogP contribution is -2.54. The number of hydrogen-bond donors (Lipinski definition) is 1. The Labute approximate surface area is 175 Å². The molecule has 0 bridgehead atoms. The van der Waals surface area contributed by atoms with E-state index in [-0.39, 0.29) is 5.82 Å². The Hall–Kier alpha value is -2.71. The SMILES string of the molecule is Cc1nnc(CN=C(NC2CCCC2)N2CCN(c3cc(F)ccc3F)CC2)n1C. The number of rotatable bonds is 4. The van der Waals surface area contributed by atoms with Crippen LogP contribution >= 0.6 is 0 Å². The van der Waals surface area contributed by atoms with E-state index in [9.17, 15) is 8.78 Å². The van der Waals surface area contributed by atoms with Crippen LogP contribution in [-0.2, 0) is 13.6 Å². The van der Waals surface area contributed by atoms with Crippen LogP contribution in [0.2, 0.25) is 0 Å². The summed E-state index contributed by atoms with van der Waals surface area (Å²) in [6.07, 6.45) is 4.77. The summed E-state index contributed by atoms with van der Waals surface area (Å²) in [6, 6.07) is 4.05. The predicted molar refractivity (Wildman–Crippen MR) is 112 cm³/mol. The van der Waals surface area contributed by atoms with Gasteiger partial charge in [0, 0.05) is 45.3 Å². The van der Waals surface area contributed by atoms with Gasteiger partial charge in [-0.05, 0) is 31.9 Å². The summed E-state index contributed by atoms with van der Waals surface area (Å²) < 4.78 is 29.7. The van der Waals surface area contributed by atoms with Crippen molar-refractivity contribution in [1.82, 2.24) is 25.0 Å². The fourth-order valence-electron chi connectivity index (χ4n) is 4.11. The van der Waals surface area contributed by atoms with Crippen LogP contribution in [0.1, 0.15) is 37.3 Å². The molecular formula is C21H29F2N7. The summed E-state index contributed by atoms with van der Waals surface area (Å²) in [5.74, 6) is 1.73. The van der Waals surface area contributed by atoms with Crippen molar-refractivity contribution >= 4 is 11.6 Å². The minimum Gasteiger partial charge on any atom is -0.366 e. The molecule has 1 aromatic heterocycles. The number of hydrogen-bond acceptors (Lipinski definition) is 4. The van der Waals surface area contributed by atoms with E-state index in [1.165, 1.54) is 25.0 Å². The second-order valence-corrected chi connectivity index (χ2v) is 8.06. The second kappa shape index (κ2) is 8.97. The van der Waals surface area contributed by atoms with E-state index < -0.39 is 5.82 Å². The van der Waals surface area contributed by atoms with Gasteiger partial charge in [0.2, 0.25) is 0 Å². The lowest BCUT2D eigenvalue weighted by molar-refractivity contribution is 0.363. The number of aryl methyl sites for hydroxylation is 1. The number of nitrogens with zero attached hydrogens (tertiary/aromatic N) is 6. The number of benzene rings is 1. The van der Waals surface area contributed by atoms with Crippen LogP contribution < -0.4 is 10.2 Å². The van der Waals surface area contributed by atoms with Gasteiger partial charge in [-0.25, -0.2) is 13.8 Å². The number of guanidine groups is 1. The maximum atomic E-state index is 14.2. The summed E-state index contributed by atoms with van der Waals surface area (Å²) in [6.45, 7) is 4.95. The number of piperazine rings is 1. The van der Waals surface area contributed by atoms with Crippen molar-refractivity contribution in [2.75, 3.05) is 31.1 Å². The highest BCUT2D eigenvalue weighted by Crippen LogP contribution is 2.23. The van der Waals surface area contributed by atoms with Crippen LogP contribution in [0.3, 0.4) is 0 Å². The molecule has 1 saturated carbocycles. The zero-order chi connectivity index (χ0) is 21.1. The molecule has 0 radical (unpaired) electrons. The first-order valence-corrected chi connectivity index (χ1v) is 10.6. The maximum Gasteiger partial charge on any atom is 0.194 e. The highest BCUT2D eigenvalue weighted by molar-refractivity contribution is 5.80. The van der Waals surface area contributed by atoms with Crippen LogP contribution in [0.15, 0.2) is 23.2 Å². The molecule has 0 atom stereocenters. The van der Waals surface area contributed by atoms with Crippen molar-refractivity contribution < 1.29 is 8.78 Å². The van der Waals surface area contributed by atoms with E-state index in [0.717, 1.165) is 36.5 Å². The van der Waals surface area contributed by atoms with Gasteiger partial charge in [-0.15, -0.1) is 10.2 Å². The molecule has 7 nitrogen and oxygen atoms in total. The van der Waals surface area contributed by atoms with E-state index in [0.29, 0.717) is 44.5 Å². The van der Waals surface area contributed by atoms with Crippen LogP contribution in [0.4, 0.5) is 14.5 Å². The molecule has 1 aromatic carbocycles. The van der Waals surface area contributed by atoms with Crippen molar-refractivity contribution in [2.24, 2.45) is 12.0 Å². The number of halogens is 2. The second-order valence-electron chi connectivity index (χ2n) is 8.06. The van der Waals surface area contributed by atoms with Gasteiger partial charge < -0.3 is 19.7 Å². The monoisotopic (exact) mass is 417 g/mol. The maximum absolute atomic E-state index is 14.2. The Morgan fingerprint density at radius 2 is 1.87 bits per heavy atom. The fourth-order valence-corrected chi connectivity index (χ4v) is 4.11. The molecule has 1 saturated heterocycles. The standard InChI is InChI=1S/C21H29F2N7/c1-15-26-27-20(28(15)2)14-24-21(25-17-5-3-4-6-17)30-11-9-29(10-12-30)19-13-16(22)7-8-18(19)23/h7-8,13,17H,3-6,9-12,14H2,1-2H3,(H,24,25). The Bertz CT molecular complexity index is 897. The van der Waals surface area contributed by atoms with Gasteiger partial charge in [-0.2, -0.15) is 0 Å². The molecule has 4 rings (SSSR count). The molecule has 1 aliphatic heterocycles. The molecule has 2 aromatic rings. The van der Waals surface area contributed by atoms with Crippen LogP contribution in [0, 0.1) is 18.6 Å². The minimum absolute atomic E-state index is 0.325. The third-order valence-corrected chi connectivity index (χ3v) is 6.07. The quantitative estimate of drug-likeness (QED) is 0.612. The molecule has 30 heavy (non-hydrogen) atoms. The van der Waals surface area contributed by atoms with Gasteiger partial charge >= 0.3 is 0 Å². The lowest BCUT2D eigenvalue weighted by atomic mass is 10.2. The molecule has 0 spiro atoms. The highest BCUT2D eigenvalue weighted by atomic mass is 19.1. The Kier molecular flexibility index (Phi) is 6.15. The van der Waals surface area contributed by atoms with Crippen LogP contribution in [0.5, 0.6) is 0 Å². The first-order valence-electron chi connectivity index (χ1n) is 10.6. The predicted octanol–water partition coefficient (Wildman–Crippen LogP) is 2.61. The molecule has 162 valence electrons. The highest BCUT2D eigenvalue weighted by Gasteiger charge is 2.25. The number of aliphatic imine (C=N–C) groups is 1. The third-order valence-electron chi connectivity index (χ3n) is 6.07. The molecular weight excluding hydrogens is 388 g/mol. The molecule has 1 aliphatic carbocycles. The van der Waals surface area contributed by atoms with Gasteiger partial charge in [0.1, 0.15) is 24.0 Å². The molecule has 1 N–H and O–H groups in total. The molecule has 9 heteroatoms. The Balaban J connectivity index is 1.46. The molecule has 0 amide bonds. The lowest BCUT2D eigenvalue weighted by Gasteiger charge is -2.38. The van der Waals surface area contributed by atoms with Crippen LogP contribution in [0.25, 0.3) is 0 Å².